The van der Waals surface area contributed by atoms with Crippen molar-refractivity contribution >= 4 is 10.6 Å². The average Bonchev–Trinajstić information content (AvgIpc) is 2.17. The Bertz CT molecular complexity index is 313. The van der Waals surface area contributed by atoms with Gasteiger partial charge in [-0.3, -0.25) is 0 Å². The van der Waals surface area contributed by atoms with Gasteiger partial charge in [0.2, 0.25) is 0 Å². The smallest absolute Gasteiger partial charge is 0.0289 e. The highest BCUT2D eigenvalue weighted by Gasteiger charge is 2.17. The van der Waals surface area contributed by atoms with E-state index in [1.165, 1.54) is 0 Å². The maximum atomic E-state index is 10.8. The maximum Gasteiger partial charge on any atom is 0.0289 e. The molecule has 0 aliphatic carbocycles. The largest absolute Gasteiger partial charge is 0.445 e. The SMILES string of the molecule is C=C(/C=C\C)N1CCCC(C[S-](=N)=O)C1. The highest BCUT2D eigenvalue weighted by Crippen LogP contribution is 2.20. The Kier molecular flexibility index (Phi) is 4.88. The van der Waals surface area contributed by atoms with Crippen molar-refractivity contribution < 1.29 is 4.21 Å². The molecule has 0 spiro atoms. The first kappa shape index (κ1) is 12.3. The second-order valence-electron chi connectivity index (χ2n) is 3.96. The van der Waals surface area contributed by atoms with Crippen LogP contribution in [-0.2, 0) is 14.8 Å². The van der Waals surface area contributed by atoms with E-state index in [0.717, 1.165) is 31.6 Å². The number of hydrogen-bond donors (Lipinski definition) is 1. The number of rotatable bonds is 4. The zero-order valence-electron chi connectivity index (χ0n) is 9.24. The van der Waals surface area contributed by atoms with Gasteiger partial charge < -0.3 is 13.9 Å². The summed E-state index contributed by atoms with van der Waals surface area (Å²) in [4.78, 5) is 2.22. The van der Waals surface area contributed by atoms with Crippen LogP contribution in [0.2, 0.25) is 0 Å². The molecule has 0 bridgehead atoms. The molecule has 0 aromatic carbocycles. The minimum Gasteiger partial charge on any atom is -0.445 e. The van der Waals surface area contributed by atoms with Crippen LogP contribution in [0.15, 0.2) is 24.4 Å². The van der Waals surface area contributed by atoms with Gasteiger partial charge in [-0.1, -0.05) is 18.4 Å². The molecule has 3 nitrogen and oxygen atoms in total. The highest BCUT2D eigenvalue weighted by molar-refractivity contribution is 7.73. The van der Waals surface area contributed by atoms with Crippen LogP contribution >= 0.6 is 0 Å². The van der Waals surface area contributed by atoms with Crippen LogP contribution in [0.4, 0.5) is 0 Å². The van der Waals surface area contributed by atoms with Crippen molar-refractivity contribution in [1.29, 1.82) is 4.78 Å². The number of nitrogens with zero attached hydrogens (tertiary/aromatic N) is 1. The summed E-state index contributed by atoms with van der Waals surface area (Å²) in [6.07, 6.45) is 6.18. The molecule has 86 valence electrons. The van der Waals surface area contributed by atoms with Gasteiger partial charge in [-0.05, 0) is 31.8 Å². The zero-order chi connectivity index (χ0) is 11.3. The average molecular weight is 227 g/mol. The fourth-order valence-electron chi connectivity index (χ4n) is 1.97. The van der Waals surface area contributed by atoms with Gasteiger partial charge in [0, 0.05) is 18.8 Å². The van der Waals surface area contributed by atoms with Gasteiger partial charge in [0.15, 0.2) is 0 Å². The molecule has 1 aliphatic rings. The van der Waals surface area contributed by atoms with Crippen molar-refractivity contribution in [3.05, 3.63) is 24.4 Å². The molecule has 0 saturated carbocycles. The van der Waals surface area contributed by atoms with Crippen molar-refractivity contribution in [1.82, 2.24) is 4.90 Å². The fraction of sp³-hybridized carbons (Fsp3) is 0.636. The summed E-state index contributed by atoms with van der Waals surface area (Å²) in [6, 6.07) is 0. The monoisotopic (exact) mass is 227 g/mol. The van der Waals surface area contributed by atoms with E-state index >= 15 is 0 Å². The van der Waals surface area contributed by atoms with Crippen LogP contribution < -0.4 is 0 Å². The summed E-state index contributed by atoms with van der Waals surface area (Å²) >= 11 is 0. The molecule has 1 rings (SSSR count). The Labute approximate surface area is 93.9 Å². The number of hydrogen-bond acceptors (Lipinski definition) is 4. The van der Waals surface area contributed by atoms with Crippen LogP contribution in [-0.4, -0.2) is 23.7 Å². The first-order chi connectivity index (χ1) is 7.13. The normalized spacial score (nSPS) is 22.5. The van der Waals surface area contributed by atoms with Crippen molar-refractivity contribution in [3.63, 3.8) is 0 Å². The predicted octanol–water partition coefficient (Wildman–Crippen LogP) is 2.51. The fourth-order valence-corrected chi connectivity index (χ4v) is 2.67. The summed E-state index contributed by atoms with van der Waals surface area (Å²) in [5.41, 5.74) is 1.03. The van der Waals surface area contributed by atoms with Crippen LogP contribution in [0.5, 0.6) is 0 Å². The summed E-state index contributed by atoms with van der Waals surface area (Å²) in [6.45, 7) is 7.90. The first-order valence-electron chi connectivity index (χ1n) is 5.29. The molecule has 0 aromatic rings. The van der Waals surface area contributed by atoms with E-state index in [0.29, 0.717) is 11.7 Å². The van der Waals surface area contributed by atoms with E-state index < -0.39 is 10.6 Å². The third-order valence-corrected chi connectivity index (χ3v) is 3.45. The number of allylic oxidation sites excluding steroid dienone is 2. The predicted molar refractivity (Wildman–Crippen MR) is 63.9 cm³/mol. The summed E-state index contributed by atoms with van der Waals surface area (Å²) in [5.74, 6) is 0.888. The highest BCUT2D eigenvalue weighted by atomic mass is 32.2. The summed E-state index contributed by atoms with van der Waals surface area (Å²) in [5, 5.41) is 0. The van der Waals surface area contributed by atoms with Crippen molar-refractivity contribution in [2.24, 2.45) is 5.92 Å². The molecule has 0 radical (unpaired) electrons. The molecule has 0 aromatic heterocycles. The lowest BCUT2D eigenvalue weighted by molar-refractivity contribution is 0.238. The summed E-state index contributed by atoms with van der Waals surface area (Å²) in [7, 11) is -1.42. The minimum absolute atomic E-state index is 0.388. The lowest BCUT2D eigenvalue weighted by Gasteiger charge is -2.35. The van der Waals surface area contributed by atoms with Gasteiger partial charge in [0.05, 0.1) is 0 Å². The van der Waals surface area contributed by atoms with Crippen LogP contribution in [0.25, 0.3) is 0 Å². The van der Waals surface area contributed by atoms with Crippen molar-refractivity contribution in [2.45, 2.75) is 19.8 Å². The lowest BCUT2D eigenvalue weighted by atomic mass is 9.99. The Morgan fingerprint density at radius 2 is 2.47 bits per heavy atom. The van der Waals surface area contributed by atoms with Crippen molar-refractivity contribution in [3.8, 4) is 0 Å². The standard InChI is InChI=1S/C11H19N2OS/c1-3-5-10(2)13-7-4-6-11(8-13)9-15(12)14/h3,5,11-12H,2,4,6-9H2,1H3/q-1/b5-3-. The molecular formula is C11H19N2OS-. The Balaban J connectivity index is 2.51. The van der Waals surface area contributed by atoms with Crippen LogP contribution in [0.1, 0.15) is 19.8 Å². The molecular weight excluding hydrogens is 208 g/mol. The van der Waals surface area contributed by atoms with Crippen LogP contribution in [0, 0.1) is 10.7 Å². The number of piperidine rings is 1. The van der Waals surface area contributed by atoms with E-state index in [9.17, 15) is 4.21 Å². The van der Waals surface area contributed by atoms with Gasteiger partial charge in [0.25, 0.3) is 0 Å². The quantitative estimate of drug-likeness (QED) is 0.592. The van der Waals surface area contributed by atoms with E-state index in [4.69, 9.17) is 4.78 Å². The molecule has 4 heteroatoms. The Morgan fingerprint density at radius 3 is 3.07 bits per heavy atom. The third kappa shape index (κ3) is 4.08. The van der Waals surface area contributed by atoms with Gasteiger partial charge in [0.1, 0.15) is 0 Å². The molecule has 0 amide bonds. The van der Waals surface area contributed by atoms with E-state index in [1.807, 2.05) is 19.1 Å². The second-order valence-corrected chi connectivity index (χ2v) is 4.98. The molecule has 1 saturated heterocycles. The lowest BCUT2D eigenvalue weighted by Crippen LogP contribution is -2.35. The maximum absolute atomic E-state index is 10.8. The minimum atomic E-state index is -1.42. The summed E-state index contributed by atoms with van der Waals surface area (Å²) < 4.78 is 17.9. The zero-order valence-corrected chi connectivity index (χ0v) is 10.1. The third-order valence-electron chi connectivity index (χ3n) is 2.67. The molecule has 1 fully saturated rings. The van der Waals surface area contributed by atoms with Gasteiger partial charge >= 0.3 is 0 Å². The van der Waals surface area contributed by atoms with E-state index in [2.05, 4.69) is 11.5 Å². The van der Waals surface area contributed by atoms with E-state index in [1.54, 1.807) is 0 Å². The Morgan fingerprint density at radius 1 is 1.73 bits per heavy atom. The molecule has 1 heterocycles. The molecule has 15 heavy (non-hydrogen) atoms. The molecule has 1 atom stereocenters. The molecule has 1 aliphatic heterocycles. The van der Waals surface area contributed by atoms with Gasteiger partial charge in [-0.15, -0.1) is 0 Å². The van der Waals surface area contributed by atoms with Gasteiger partial charge in [-0.25, -0.2) is 0 Å². The topological polar surface area (TPSA) is 44.2 Å². The van der Waals surface area contributed by atoms with Crippen LogP contribution in [0.3, 0.4) is 0 Å². The van der Waals surface area contributed by atoms with E-state index in [-0.39, 0.29) is 0 Å². The first-order valence-corrected chi connectivity index (χ1v) is 6.61. The second kappa shape index (κ2) is 5.95. The number of likely N-dealkylation sites (tertiary alicyclic amines) is 1. The van der Waals surface area contributed by atoms with Gasteiger partial charge in [-0.2, -0.15) is 10.6 Å². The number of nitrogens with one attached hydrogen (secondary N) is 1. The molecule has 1 N–H and O–H groups in total. The Hall–Kier alpha value is -0.770. The molecule has 1 unspecified atom stereocenters. The van der Waals surface area contributed by atoms with Crippen molar-refractivity contribution in [2.75, 3.05) is 18.8 Å².